The molecule has 0 bridgehead atoms. The lowest BCUT2D eigenvalue weighted by molar-refractivity contribution is -0.153. The molecule has 2 aromatic heterocycles. The number of fused-ring (bicyclic) bond motifs is 1. The molecule has 1 aliphatic heterocycles. The lowest BCUT2D eigenvalue weighted by Gasteiger charge is -2.29. The van der Waals surface area contributed by atoms with Crippen LogP contribution in [0.1, 0.15) is 59.1 Å². The van der Waals surface area contributed by atoms with E-state index in [1.54, 1.807) is 11.3 Å². The normalized spacial score (nSPS) is 17.2. The van der Waals surface area contributed by atoms with E-state index < -0.39 is 12.8 Å². The molecule has 0 amide bonds. The molecule has 0 spiro atoms. The van der Waals surface area contributed by atoms with Crippen LogP contribution in [0.3, 0.4) is 0 Å². The van der Waals surface area contributed by atoms with Gasteiger partial charge in [0, 0.05) is 30.1 Å². The molecule has 1 saturated carbocycles. The molecular formula is C22H32F3N5OS2. The molecule has 184 valence electrons. The minimum atomic E-state index is -4.31. The van der Waals surface area contributed by atoms with Gasteiger partial charge in [0.15, 0.2) is 6.61 Å². The first kappa shape index (κ1) is 25.9. The maximum atomic E-state index is 12.2. The molecule has 1 aliphatic carbocycles. The van der Waals surface area contributed by atoms with Crippen LogP contribution >= 0.6 is 22.7 Å². The van der Waals surface area contributed by atoms with Crippen molar-refractivity contribution in [1.82, 2.24) is 20.1 Å². The SMILES string of the molecule is C=C(N)Cc1nnc(C)s1.FC(F)(F)COc1nc2c(s1)CCN(CCC1CCCCC1)C2. The largest absolute Gasteiger partial charge is 0.460 e. The maximum Gasteiger partial charge on any atom is 0.422 e. The van der Waals surface area contributed by atoms with Crippen LogP contribution in [0.5, 0.6) is 5.19 Å². The number of allylic oxidation sites excluding steroid dienone is 1. The topological polar surface area (TPSA) is 77.2 Å². The summed E-state index contributed by atoms with van der Waals surface area (Å²) < 4.78 is 41.4. The van der Waals surface area contributed by atoms with E-state index in [9.17, 15) is 13.2 Å². The van der Waals surface area contributed by atoms with Crippen molar-refractivity contribution < 1.29 is 17.9 Å². The third-order valence-electron chi connectivity index (χ3n) is 5.67. The fourth-order valence-corrected chi connectivity index (χ4v) is 5.74. The van der Waals surface area contributed by atoms with Crippen molar-refractivity contribution in [3.8, 4) is 5.19 Å². The first-order chi connectivity index (χ1) is 15.7. The number of rotatable bonds is 7. The van der Waals surface area contributed by atoms with Crippen molar-refractivity contribution in [1.29, 1.82) is 0 Å². The Morgan fingerprint density at radius 1 is 1.21 bits per heavy atom. The molecule has 2 aromatic rings. The van der Waals surface area contributed by atoms with E-state index in [1.165, 1.54) is 49.9 Å². The van der Waals surface area contributed by atoms with Gasteiger partial charge in [-0.1, -0.05) is 50.0 Å². The summed E-state index contributed by atoms with van der Waals surface area (Å²) in [6.45, 7) is 7.02. The average Bonchev–Trinajstić information content (AvgIpc) is 3.36. The molecule has 0 radical (unpaired) electrons. The number of thiazole rings is 1. The summed E-state index contributed by atoms with van der Waals surface area (Å²) in [6, 6.07) is 0. The van der Waals surface area contributed by atoms with Gasteiger partial charge >= 0.3 is 6.18 Å². The van der Waals surface area contributed by atoms with Gasteiger partial charge in [0.25, 0.3) is 5.19 Å². The molecule has 4 rings (SSSR count). The quantitative estimate of drug-likeness (QED) is 0.554. The van der Waals surface area contributed by atoms with E-state index in [1.807, 2.05) is 6.92 Å². The lowest BCUT2D eigenvalue weighted by atomic mass is 9.87. The van der Waals surface area contributed by atoms with Crippen molar-refractivity contribution in [2.75, 3.05) is 19.7 Å². The number of aryl methyl sites for hydroxylation is 1. The van der Waals surface area contributed by atoms with Gasteiger partial charge in [0.2, 0.25) is 0 Å². The first-order valence-electron chi connectivity index (χ1n) is 11.3. The summed E-state index contributed by atoms with van der Waals surface area (Å²) in [4.78, 5) is 7.71. The molecule has 0 unspecified atom stereocenters. The van der Waals surface area contributed by atoms with Gasteiger partial charge in [0.05, 0.1) is 5.69 Å². The zero-order chi connectivity index (χ0) is 23.8. The fraction of sp³-hybridized carbons (Fsp3) is 0.682. The van der Waals surface area contributed by atoms with Crippen molar-refractivity contribution in [2.24, 2.45) is 11.7 Å². The number of hydrogen-bond acceptors (Lipinski definition) is 8. The van der Waals surface area contributed by atoms with Crippen LogP contribution in [0, 0.1) is 12.8 Å². The third kappa shape index (κ3) is 9.21. The van der Waals surface area contributed by atoms with E-state index in [4.69, 9.17) is 10.5 Å². The number of nitrogens with two attached hydrogens (primary N) is 1. The number of aromatic nitrogens is 3. The van der Waals surface area contributed by atoms with E-state index in [0.29, 0.717) is 12.1 Å². The highest BCUT2D eigenvalue weighted by Gasteiger charge is 2.30. The van der Waals surface area contributed by atoms with Crippen molar-refractivity contribution in [3.63, 3.8) is 0 Å². The summed E-state index contributed by atoms with van der Waals surface area (Å²) in [5.41, 5.74) is 6.92. The van der Waals surface area contributed by atoms with Crippen LogP contribution in [0.4, 0.5) is 13.2 Å². The number of nitrogens with zero attached hydrogens (tertiary/aromatic N) is 4. The molecule has 6 nitrogen and oxygen atoms in total. The second-order valence-corrected chi connectivity index (χ2v) is 10.9. The second kappa shape index (κ2) is 12.1. The first-order valence-corrected chi connectivity index (χ1v) is 12.9. The highest BCUT2D eigenvalue weighted by atomic mass is 32.1. The Labute approximate surface area is 201 Å². The minimum Gasteiger partial charge on any atom is -0.460 e. The molecule has 11 heteroatoms. The molecule has 0 atom stereocenters. The number of hydrogen-bond donors (Lipinski definition) is 1. The molecule has 1 fully saturated rings. The van der Waals surface area contributed by atoms with Crippen molar-refractivity contribution >= 4 is 22.7 Å². The van der Waals surface area contributed by atoms with E-state index in [2.05, 4.69) is 26.7 Å². The maximum absolute atomic E-state index is 12.2. The van der Waals surface area contributed by atoms with Crippen molar-refractivity contribution in [3.05, 3.63) is 32.9 Å². The molecule has 0 saturated heterocycles. The zero-order valence-electron chi connectivity index (χ0n) is 19.0. The van der Waals surface area contributed by atoms with Gasteiger partial charge in [-0.3, -0.25) is 4.90 Å². The van der Waals surface area contributed by atoms with Crippen LogP contribution in [-0.4, -0.2) is 46.0 Å². The smallest absolute Gasteiger partial charge is 0.422 e. The minimum absolute atomic E-state index is 0.154. The monoisotopic (exact) mass is 503 g/mol. The van der Waals surface area contributed by atoms with Crippen LogP contribution in [0.2, 0.25) is 0 Å². The Kier molecular flexibility index (Phi) is 9.51. The van der Waals surface area contributed by atoms with Gasteiger partial charge < -0.3 is 10.5 Å². The fourth-order valence-electron chi connectivity index (χ4n) is 4.07. The average molecular weight is 504 g/mol. The highest BCUT2D eigenvalue weighted by Crippen LogP contribution is 2.32. The summed E-state index contributed by atoms with van der Waals surface area (Å²) in [7, 11) is 0. The van der Waals surface area contributed by atoms with Gasteiger partial charge in [-0.05, 0) is 32.2 Å². The summed E-state index contributed by atoms with van der Waals surface area (Å²) in [5.74, 6) is 0.853. The van der Waals surface area contributed by atoms with Crippen LogP contribution in [0.25, 0.3) is 0 Å². The van der Waals surface area contributed by atoms with Crippen LogP contribution in [0.15, 0.2) is 12.3 Å². The number of halogens is 3. The van der Waals surface area contributed by atoms with Gasteiger partial charge in [-0.15, -0.1) is 21.5 Å². The Hall–Kier alpha value is -1.72. The summed E-state index contributed by atoms with van der Waals surface area (Å²) in [5, 5.41) is 9.78. The molecule has 0 aromatic carbocycles. The highest BCUT2D eigenvalue weighted by molar-refractivity contribution is 7.13. The van der Waals surface area contributed by atoms with E-state index in [0.717, 1.165) is 52.6 Å². The molecular weight excluding hydrogens is 471 g/mol. The van der Waals surface area contributed by atoms with E-state index in [-0.39, 0.29) is 5.19 Å². The van der Waals surface area contributed by atoms with Gasteiger partial charge in [0.1, 0.15) is 10.0 Å². The summed E-state index contributed by atoms with van der Waals surface area (Å²) >= 11 is 2.82. The van der Waals surface area contributed by atoms with Crippen molar-refractivity contribution in [2.45, 2.75) is 71.0 Å². The lowest BCUT2D eigenvalue weighted by Crippen LogP contribution is -2.32. The Balaban J connectivity index is 0.000000257. The Morgan fingerprint density at radius 3 is 2.61 bits per heavy atom. The van der Waals surface area contributed by atoms with Crippen LogP contribution < -0.4 is 10.5 Å². The second-order valence-electron chi connectivity index (χ2n) is 8.62. The number of ether oxygens (including phenoxy) is 1. The molecule has 33 heavy (non-hydrogen) atoms. The molecule has 2 N–H and O–H groups in total. The molecule has 2 aliphatic rings. The molecule has 3 heterocycles. The summed E-state index contributed by atoms with van der Waals surface area (Å²) in [6.07, 6.45) is 5.24. The Bertz CT molecular complexity index is 893. The van der Waals surface area contributed by atoms with E-state index >= 15 is 0 Å². The third-order valence-corrected chi connectivity index (χ3v) is 7.58. The standard InChI is InChI=1S/C16H23F3N2OS.C6H9N3S/c17-16(18,19)11-22-15-20-13-10-21(9-7-14(13)23-15)8-6-12-4-2-1-3-5-12;1-4(7)3-6-9-8-5(2)10-6/h12H,1-11H2;1,3,7H2,2H3. The predicted octanol–water partition coefficient (Wildman–Crippen LogP) is 5.27. The Morgan fingerprint density at radius 2 is 1.97 bits per heavy atom. The van der Waals surface area contributed by atoms with Crippen LogP contribution in [-0.2, 0) is 19.4 Å². The predicted molar refractivity (Wildman–Crippen MR) is 126 cm³/mol. The van der Waals surface area contributed by atoms with Gasteiger partial charge in [-0.2, -0.15) is 13.2 Å². The zero-order valence-corrected chi connectivity index (χ0v) is 20.6. The van der Waals surface area contributed by atoms with Gasteiger partial charge in [-0.25, -0.2) is 4.98 Å². The number of alkyl halides is 3.